The van der Waals surface area contributed by atoms with Crippen LogP contribution in [-0.2, 0) is 6.18 Å². The summed E-state index contributed by atoms with van der Waals surface area (Å²) >= 11 is 0.932. The summed E-state index contributed by atoms with van der Waals surface area (Å²) in [6, 6.07) is 3.02. The highest BCUT2D eigenvalue weighted by atomic mass is 32.2. The zero-order chi connectivity index (χ0) is 15.6. The largest absolute Gasteiger partial charge is 0.478 e. The monoisotopic (exact) mass is 314 g/mol. The Hall–Kier alpha value is -2.09. The first-order chi connectivity index (χ1) is 9.77. The maximum absolute atomic E-state index is 12.9. The number of benzene rings is 1. The van der Waals surface area contributed by atoms with Crippen LogP contribution in [0, 0.1) is 6.92 Å². The molecule has 2 rings (SSSR count). The van der Waals surface area contributed by atoms with Gasteiger partial charge in [-0.3, -0.25) is 0 Å². The van der Waals surface area contributed by atoms with Gasteiger partial charge in [-0.25, -0.2) is 14.8 Å². The highest BCUT2D eigenvalue weighted by molar-refractivity contribution is 7.99. The van der Waals surface area contributed by atoms with Gasteiger partial charge >= 0.3 is 12.1 Å². The van der Waals surface area contributed by atoms with Crippen molar-refractivity contribution in [3.8, 4) is 0 Å². The normalized spacial score (nSPS) is 11.4. The number of rotatable bonds is 3. The molecule has 0 bridgehead atoms. The number of alkyl halides is 3. The molecule has 8 heteroatoms. The van der Waals surface area contributed by atoms with E-state index in [1.165, 1.54) is 6.07 Å². The smallest absolute Gasteiger partial charge is 0.417 e. The van der Waals surface area contributed by atoms with E-state index in [9.17, 15) is 18.0 Å². The summed E-state index contributed by atoms with van der Waals surface area (Å²) in [6.07, 6.45) is -1.64. The third kappa shape index (κ3) is 3.72. The Morgan fingerprint density at radius 1 is 1.24 bits per heavy atom. The molecule has 1 N–H and O–H groups in total. The van der Waals surface area contributed by atoms with Crippen molar-refractivity contribution < 1.29 is 23.1 Å². The number of carboxylic acid groups (broad SMARTS) is 1. The van der Waals surface area contributed by atoms with Crippen LogP contribution >= 0.6 is 11.8 Å². The third-order valence-corrected chi connectivity index (χ3v) is 3.38. The van der Waals surface area contributed by atoms with Gasteiger partial charge < -0.3 is 5.11 Å². The number of aromatic carboxylic acids is 1. The number of aryl methyl sites for hydroxylation is 1. The van der Waals surface area contributed by atoms with Crippen molar-refractivity contribution in [2.24, 2.45) is 0 Å². The van der Waals surface area contributed by atoms with Crippen molar-refractivity contribution >= 4 is 17.7 Å². The fourth-order valence-corrected chi connectivity index (χ4v) is 2.28. The van der Waals surface area contributed by atoms with Gasteiger partial charge in [-0.2, -0.15) is 13.2 Å². The second kappa shape index (κ2) is 5.72. The molecule has 2 aromatic rings. The van der Waals surface area contributed by atoms with Crippen LogP contribution in [0.2, 0.25) is 0 Å². The van der Waals surface area contributed by atoms with Crippen molar-refractivity contribution in [2.75, 3.05) is 0 Å². The van der Waals surface area contributed by atoms with Crippen molar-refractivity contribution in [1.82, 2.24) is 9.97 Å². The summed E-state index contributed by atoms with van der Waals surface area (Å²) in [5, 5.41) is 9.10. The molecule has 110 valence electrons. The number of hydrogen-bond acceptors (Lipinski definition) is 4. The zero-order valence-corrected chi connectivity index (χ0v) is 11.5. The molecule has 0 spiro atoms. The van der Waals surface area contributed by atoms with Crippen LogP contribution in [0.1, 0.15) is 21.5 Å². The lowest BCUT2D eigenvalue weighted by Crippen LogP contribution is -2.12. The average molecular weight is 314 g/mol. The van der Waals surface area contributed by atoms with Gasteiger partial charge in [0.1, 0.15) is 0 Å². The van der Waals surface area contributed by atoms with Gasteiger partial charge in [-0.15, -0.1) is 0 Å². The van der Waals surface area contributed by atoms with Crippen molar-refractivity contribution in [3.63, 3.8) is 0 Å². The van der Waals surface area contributed by atoms with Gasteiger partial charge in [-0.1, -0.05) is 0 Å². The van der Waals surface area contributed by atoms with Crippen LogP contribution in [0.4, 0.5) is 13.2 Å². The molecule has 0 amide bonds. The molecule has 1 aromatic heterocycles. The van der Waals surface area contributed by atoms with E-state index in [4.69, 9.17) is 5.11 Å². The molecular weight excluding hydrogens is 305 g/mol. The topological polar surface area (TPSA) is 63.1 Å². The van der Waals surface area contributed by atoms with Crippen molar-refractivity contribution in [1.29, 1.82) is 0 Å². The lowest BCUT2D eigenvalue weighted by Gasteiger charge is -2.11. The van der Waals surface area contributed by atoms with Crippen LogP contribution < -0.4 is 0 Å². The summed E-state index contributed by atoms with van der Waals surface area (Å²) in [7, 11) is 0. The van der Waals surface area contributed by atoms with Gasteiger partial charge in [0.05, 0.1) is 11.1 Å². The van der Waals surface area contributed by atoms with Crippen molar-refractivity contribution in [3.05, 3.63) is 47.3 Å². The van der Waals surface area contributed by atoms with E-state index in [-0.39, 0.29) is 10.1 Å². The first kappa shape index (κ1) is 15.3. The third-order valence-electron chi connectivity index (χ3n) is 2.49. The number of nitrogens with zero attached hydrogens (tertiary/aromatic N) is 2. The minimum absolute atomic E-state index is 0.219. The summed E-state index contributed by atoms with van der Waals surface area (Å²) in [5.41, 5.74) is -1.14. The van der Waals surface area contributed by atoms with E-state index < -0.39 is 23.3 Å². The molecule has 0 aliphatic rings. The van der Waals surface area contributed by atoms with Crippen LogP contribution in [0.5, 0.6) is 0 Å². The standard InChI is InChI=1S/C13H9F3N2O2S/c1-7-5-17-12(18-6-7)21-8-2-3-9(11(19)20)10(4-8)13(14,15)16/h2-6H,1H3,(H,19,20). The minimum atomic E-state index is -4.74. The van der Waals surface area contributed by atoms with Crippen LogP contribution in [0.25, 0.3) is 0 Å². The van der Waals surface area contributed by atoms with Gasteiger partial charge in [0.25, 0.3) is 0 Å². The predicted molar refractivity (Wildman–Crippen MR) is 69.3 cm³/mol. The molecular formula is C13H9F3N2O2S. The van der Waals surface area contributed by atoms with Crippen LogP contribution in [0.3, 0.4) is 0 Å². The van der Waals surface area contributed by atoms with E-state index in [2.05, 4.69) is 9.97 Å². The van der Waals surface area contributed by atoms with Gasteiger partial charge in [-0.05, 0) is 42.4 Å². The van der Waals surface area contributed by atoms with E-state index in [1.807, 2.05) is 0 Å². The van der Waals surface area contributed by atoms with Crippen molar-refractivity contribution in [2.45, 2.75) is 23.2 Å². The zero-order valence-electron chi connectivity index (χ0n) is 10.7. The SMILES string of the molecule is Cc1cnc(Sc2ccc(C(=O)O)c(C(F)(F)F)c2)nc1. The highest BCUT2D eigenvalue weighted by Gasteiger charge is 2.35. The number of hydrogen-bond donors (Lipinski definition) is 1. The molecule has 0 atom stereocenters. The Labute approximate surface area is 122 Å². The number of aromatic nitrogens is 2. The summed E-state index contributed by atoms with van der Waals surface area (Å²) in [4.78, 5) is 19.0. The molecule has 0 saturated carbocycles. The molecule has 0 saturated heterocycles. The van der Waals surface area contributed by atoms with E-state index in [0.717, 1.165) is 29.5 Å². The maximum atomic E-state index is 12.9. The molecule has 0 aliphatic heterocycles. The summed E-state index contributed by atoms with van der Waals surface area (Å²) < 4.78 is 38.6. The van der Waals surface area contributed by atoms with Gasteiger partial charge in [0.2, 0.25) is 0 Å². The Morgan fingerprint density at radius 3 is 2.38 bits per heavy atom. The number of carboxylic acids is 1. The Morgan fingerprint density at radius 2 is 1.86 bits per heavy atom. The quantitative estimate of drug-likeness (QED) is 0.876. The van der Waals surface area contributed by atoms with Gasteiger partial charge in [0, 0.05) is 17.3 Å². The molecule has 0 fully saturated rings. The lowest BCUT2D eigenvalue weighted by molar-refractivity contribution is -0.138. The molecule has 1 aromatic carbocycles. The highest BCUT2D eigenvalue weighted by Crippen LogP contribution is 2.36. The fraction of sp³-hybridized carbons (Fsp3) is 0.154. The molecule has 0 radical (unpaired) electrons. The van der Waals surface area contributed by atoms with E-state index in [0.29, 0.717) is 0 Å². The molecule has 0 aliphatic carbocycles. The van der Waals surface area contributed by atoms with Crippen LogP contribution in [0.15, 0.2) is 40.6 Å². The second-order valence-corrected chi connectivity index (χ2v) is 5.20. The number of carbonyl (C=O) groups is 1. The molecule has 21 heavy (non-hydrogen) atoms. The first-order valence-electron chi connectivity index (χ1n) is 5.68. The molecule has 4 nitrogen and oxygen atoms in total. The average Bonchev–Trinajstić information content (AvgIpc) is 2.40. The molecule has 1 heterocycles. The summed E-state index contributed by atoms with van der Waals surface area (Å²) in [6.45, 7) is 1.79. The Balaban J connectivity index is 2.38. The first-order valence-corrected chi connectivity index (χ1v) is 6.50. The fourth-order valence-electron chi connectivity index (χ4n) is 1.55. The maximum Gasteiger partial charge on any atom is 0.417 e. The summed E-state index contributed by atoms with van der Waals surface area (Å²) in [5.74, 6) is -1.62. The Kier molecular flexibility index (Phi) is 4.17. The molecule has 0 unspecified atom stereocenters. The lowest BCUT2D eigenvalue weighted by atomic mass is 10.1. The minimum Gasteiger partial charge on any atom is -0.478 e. The predicted octanol–water partition coefficient (Wildman–Crippen LogP) is 3.65. The number of halogens is 3. The Bertz CT molecular complexity index is 672. The van der Waals surface area contributed by atoms with Gasteiger partial charge in [0.15, 0.2) is 5.16 Å². The second-order valence-electron chi connectivity index (χ2n) is 4.16. The van der Waals surface area contributed by atoms with E-state index in [1.54, 1.807) is 19.3 Å². The van der Waals surface area contributed by atoms with E-state index >= 15 is 0 Å². The van der Waals surface area contributed by atoms with Crippen LogP contribution in [-0.4, -0.2) is 21.0 Å².